The van der Waals surface area contributed by atoms with E-state index in [2.05, 4.69) is 30.7 Å². The van der Waals surface area contributed by atoms with Gasteiger partial charge in [0.15, 0.2) is 0 Å². The number of amidine groups is 1. The summed E-state index contributed by atoms with van der Waals surface area (Å²) in [5, 5.41) is 0. The van der Waals surface area contributed by atoms with Gasteiger partial charge < -0.3 is 9.64 Å². The highest BCUT2D eigenvalue weighted by atomic mass is 16.5. The number of aliphatic imine (C=N–C) groups is 1. The number of rotatable bonds is 0. The predicted molar refractivity (Wildman–Crippen MR) is 64.5 cm³/mol. The lowest BCUT2D eigenvalue weighted by atomic mass is 9.65. The van der Waals surface area contributed by atoms with Crippen LogP contribution < -0.4 is 0 Å². The maximum absolute atomic E-state index is 5.63. The molecule has 3 rings (SSSR count). The van der Waals surface area contributed by atoms with Crippen LogP contribution in [0.4, 0.5) is 0 Å². The van der Waals surface area contributed by atoms with Gasteiger partial charge in [-0.05, 0) is 30.1 Å². The third-order valence-electron chi connectivity index (χ3n) is 4.23. The van der Waals surface area contributed by atoms with Gasteiger partial charge in [0.2, 0.25) is 0 Å². The van der Waals surface area contributed by atoms with Crippen molar-refractivity contribution in [2.24, 2.45) is 15.8 Å². The maximum Gasteiger partial charge on any atom is 0.287 e. The van der Waals surface area contributed by atoms with Crippen LogP contribution in [-0.2, 0) is 4.74 Å². The third kappa shape index (κ3) is 1.61. The molecule has 0 aromatic heterocycles. The predicted octanol–water partition coefficient (Wildman–Crippen LogP) is 2.27. The van der Waals surface area contributed by atoms with E-state index in [9.17, 15) is 0 Å². The Morgan fingerprint density at radius 1 is 1.31 bits per heavy atom. The van der Waals surface area contributed by atoms with Crippen molar-refractivity contribution in [2.45, 2.75) is 46.1 Å². The van der Waals surface area contributed by atoms with Crippen LogP contribution in [0.25, 0.3) is 0 Å². The van der Waals surface area contributed by atoms with Crippen molar-refractivity contribution < 1.29 is 4.74 Å². The number of hydrogen-bond acceptors (Lipinski definition) is 3. The largest absolute Gasteiger partial charge is 0.463 e. The van der Waals surface area contributed by atoms with E-state index in [0.29, 0.717) is 16.9 Å². The summed E-state index contributed by atoms with van der Waals surface area (Å²) in [5.41, 5.74) is 0.951. The molecule has 90 valence electrons. The monoisotopic (exact) mass is 222 g/mol. The van der Waals surface area contributed by atoms with Crippen molar-refractivity contribution in [1.82, 2.24) is 4.90 Å². The SMILES string of the molecule is CC1(C)CC2CC(C)(CN2C2=NCCO2)C1. The Hall–Kier alpha value is -0.730. The second kappa shape index (κ2) is 3.14. The Morgan fingerprint density at radius 3 is 2.81 bits per heavy atom. The molecule has 3 nitrogen and oxygen atoms in total. The van der Waals surface area contributed by atoms with Crippen molar-refractivity contribution in [3.8, 4) is 0 Å². The molecule has 0 spiro atoms. The summed E-state index contributed by atoms with van der Waals surface area (Å²) in [7, 11) is 0. The number of nitrogens with zero attached hydrogens (tertiary/aromatic N) is 2. The van der Waals surface area contributed by atoms with Crippen LogP contribution in [0.1, 0.15) is 40.0 Å². The molecule has 2 bridgehead atoms. The van der Waals surface area contributed by atoms with Crippen LogP contribution in [0.15, 0.2) is 4.99 Å². The standard InChI is InChI=1S/C13H22N2O/c1-12(2)6-10-7-13(3,8-12)9-15(10)11-14-4-5-16-11/h10H,4-9H2,1-3H3. The van der Waals surface area contributed by atoms with Crippen molar-refractivity contribution in [3.63, 3.8) is 0 Å². The second-order valence-corrected chi connectivity index (χ2v) is 6.85. The Bertz CT molecular complexity index is 337. The topological polar surface area (TPSA) is 24.8 Å². The lowest BCUT2D eigenvalue weighted by Crippen LogP contribution is -2.37. The molecule has 2 fully saturated rings. The van der Waals surface area contributed by atoms with Gasteiger partial charge in [0.1, 0.15) is 6.61 Å². The van der Waals surface area contributed by atoms with E-state index in [-0.39, 0.29) is 0 Å². The summed E-state index contributed by atoms with van der Waals surface area (Å²) in [4.78, 5) is 6.91. The summed E-state index contributed by atoms with van der Waals surface area (Å²) in [6.07, 6.45) is 3.93. The van der Waals surface area contributed by atoms with Crippen molar-refractivity contribution in [1.29, 1.82) is 0 Å². The molecule has 0 N–H and O–H groups in total. The third-order valence-corrected chi connectivity index (χ3v) is 4.23. The van der Waals surface area contributed by atoms with Gasteiger partial charge in [-0.2, -0.15) is 0 Å². The van der Waals surface area contributed by atoms with E-state index >= 15 is 0 Å². The van der Waals surface area contributed by atoms with E-state index in [1.54, 1.807) is 0 Å². The highest BCUT2D eigenvalue weighted by molar-refractivity contribution is 5.76. The zero-order valence-corrected chi connectivity index (χ0v) is 10.6. The molecule has 1 saturated carbocycles. The molecule has 3 heteroatoms. The number of fused-ring (bicyclic) bond motifs is 2. The first kappa shape index (κ1) is 10.4. The Kier molecular flexibility index (Phi) is 2.05. The molecule has 2 heterocycles. The van der Waals surface area contributed by atoms with E-state index in [4.69, 9.17) is 4.74 Å². The normalized spacial score (nSPS) is 40.8. The molecule has 0 radical (unpaired) electrons. The number of ether oxygens (including phenoxy) is 1. The van der Waals surface area contributed by atoms with Crippen molar-refractivity contribution in [2.75, 3.05) is 19.7 Å². The van der Waals surface area contributed by atoms with Gasteiger partial charge >= 0.3 is 0 Å². The molecular formula is C13H22N2O. The fourth-order valence-corrected chi connectivity index (χ4v) is 4.18. The summed E-state index contributed by atoms with van der Waals surface area (Å²) < 4.78 is 5.63. The lowest BCUT2D eigenvalue weighted by molar-refractivity contribution is 0.131. The average Bonchev–Trinajstić information content (AvgIpc) is 2.69. The summed E-state index contributed by atoms with van der Waals surface area (Å²) in [6, 6.07) is 1.58. The van der Waals surface area contributed by atoms with E-state index in [0.717, 1.165) is 25.7 Å². The molecule has 2 unspecified atom stereocenters. The quantitative estimate of drug-likeness (QED) is 0.628. The first-order valence-corrected chi connectivity index (χ1v) is 6.41. The molecule has 3 aliphatic rings. The van der Waals surface area contributed by atoms with Gasteiger partial charge in [-0.25, -0.2) is 4.99 Å². The fourth-order valence-electron chi connectivity index (χ4n) is 4.18. The van der Waals surface area contributed by atoms with Gasteiger partial charge in [0, 0.05) is 12.6 Å². The van der Waals surface area contributed by atoms with Crippen LogP contribution in [0.5, 0.6) is 0 Å². The minimum absolute atomic E-state index is 0.473. The van der Waals surface area contributed by atoms with Crippen molar-refractivity contribution in [3.05, 3.63) is 0 Å². The highest BCUT2D eigenvalue weighted by Gasteiger charge is 2.51. The zero-order valence-electron chi connectivity index (χ0n) is 10.6. The molecular weight excluding hydrogens is 200 g/mol. The number of hydrogen-bond donors (Lipinski definition) is 0. The number of likely N-dealkylation sites (tertiary alicyclic amines) is 1. The van der Waals surface area contributed by atoms with Gasteiger partial charge in [-0.15, -0.1) is 0 Å². The minimum atomic E-state index is 0.473. The van der Waals surface area contributed by atoms with Crippen LogP contribution >= 0.6 is 0 Å². The Balaban J connectivity index is 1.85. The molecule has 2 atom stereocenters. The van der Waals surface area contributed by atoms with E-state index in [1.165, 1.54) is 19.3 Å². The molecule has 0 aromatic rings. The van der Waals surface area contributed by atoms with Gasteiger partial charge in [0.25, 0.3) is 6.02 Å². The van der Waals surface area contributed by atoms with Crippen LogP contribution in [-0.4, -0.2) is 36.7 Å². The van der Waals surface area contributed by atoms with E-state index < -0.39 is 0 Å². The molecule has 0 amide bonds. The zero-order chi connectivity index (χ0) is 11.4. The molecule has 0 aromatic carbocycles. The summed E-state index contributed by atoms with van der Waals surface area (Å²) >= 11 is 0. The van der Waals surface area contributed by atoms with Gasteiger partial charge in [0.05, 0.1) is 6.54 Å². The fraction of sp³-hybridized carbons (Fsp3) is 0.923. The van der Waals surface area contributed by atoms with Crippen LogP contribution in [0.2, 0.25) is 0 Å². The molecule has 1 saturated heterocycles. The summed E-state index contributed by atoms with van der Waals surface area (Å²) in [5.74, 6) is 0. The first-order chi connectivity index (χ1) is 7.48. The Morgan fingerprint density at radius 2 is 2.12 bits per heavy atom. The highest BCUT2D eigenvalue weighted by Crippen LogP contribution is 2.52. The van der Waals surface area contributed by atoms with Gasteiger partial charge in [-0.3, -0.25) is 0 Å². The van der Waals surface area contributed by atoms with Gasteiger partial charge in [-0.1, -0.05) is 20.8 Å². The summed E-state index contributed by atoms with van der Waals surface area (Å²) in [6.45, 7) is 9.99. The molecule has 2 aliphatic heterocycles. The molecule has 16 heavy (non-hydrogen) atoms. The molecule has 1 aliphatic carbocycles. The maximum atomic E-state index is 5.63. The lowest BCUT2D eigenvalue weighted by Gasteiger charge is -2.39. The first-order valence-electron chi connectivity index (χ1n) is 6.41. The average molecular weight is 222 g/mol. The second-order valence-electron chi connectivity index (χ2n) is 6.85. The van der Waals surface area contributed by atoms with E-state index in [1.807, 2.05) is 0 Å². The Labute approximate surface area is 97.9 Å². The van der Waals surface area contributed by atoms with Crippen LogP contribution in [0.3, 0.4) is 0 Å². The minimum Gasteiger partial charge on any atom is -0.463 e. The van der Waals surface area contributed by atoms with Crippen molar-refractivity contribution >= 4 is 6.02 Å². The van der Waals surface area contributed by atoms with Crippen LogP contribution in [0, 0.1) is 10.8 Å². The smallest absolute Gasteiger partial charge is 0.287 e.